The minimum absolute atomic E-state index is 0.0640. The normalized spacial score (nSPS) is 14.8. The molecule has 0 spiro atoms. The molecule has 0 heterocycles. The minimum atomic E-state index is -0.590. The van der Waals surface area contributed by atoms with E-state index < -0.39 is 5.41 Å². The van der Waals surface area contributed by atoms with E-state index in [1.165, 1.54) is 24.3 Å². The SMILES string of the molecule is O=C(Cc1ccc(F)cc1)NNC(=O)C1(c2ccc(Cl)cc2)CC1. The van der Waals surface area contributed by atoms with Crippen molar-refractivity contribution in [2.75, 3.05) is 0 Å². The van der Waals surface area contributed by atoms with Gasteiger partial charge in [-0.25, -0.2) is 4.39 Å². The molecule has 3 rings (SSSR count). The maximum absolute atomic E-state index is 12.8. The van der Waals surface area contributed by atoms with Crippen molar-refractivity contribution < 1.29 is 14.0 Å². The van der Waals surface area contributed by atoms with Gasteiger partial charge in [-0.3, -0.25) is 20.4 Å². The van der Waals surface area contributed by atoms with Crippen molar-refractivity contribution in [3.05, 3.63) is 70.5 Å². The van der Waals surface area contributed by atoms with E-state index in [0.29, 0.717) is 10.6 Å². The van der Waals surface area contributed by atoms with Crippen molar-refractivity contribution in [3.8, 4) is 0 Å². The summed E-state index contributed by atoms with van der Waals surface area (Å²) < 4.78 is 12.8. The largest absolute Gasteiger partial charge is 0.273 e. The van der Waals surface area contributed by atoms with Gasteiger partial charge in [0.1, 0.15) is 5.82 Å². The van der Waals surface area contributed by atoms with Crippen LogP contribution in [-0.2, 0) is 21.4 Å². The van der Waals surface area contributed by atoms with Crippen molar-refractivity contribution in [3.63, 3.8) is 0 Å². The Morgan fingerprint density at radius 2 is 1.62 bits per heavy atom. The molecule has 0 bridgehead atoms. The van der Waals surface area contributed by atoms with E-state index in [4.69, 9.17) is 11.6 Å². The highest BCUT2D eigenvalue weighted by molar-refractivity contribution is 6.30. The number of carbonyl (C=O) groups excluding carboxylic acids is 2. The first-order valence-electron chi connectivity index (χ1n) is 7.59. The number of nitrogens with one attached hydrogen (secondary N) is 2. The highest BCUT2D eigenvalue weighted by atomic mass is 35.5. The molecule has 0 aromatic heterocycles. The predicted molar refractivity (Wildman–Crippen MR) is 88.8 cm³/mol. The van der Waals surface area contributed by atoms with Crippen LogP contribution in [0, 0.1) is 5.82 Å². The van der Waals surface area contributed by atoms with Crippen molar-refractivity contribution in [2.24, 2.45) is 0 Å². The average molecular weight is 347 g/mol. The Morgan fingerprint density at radius 3 is 2.21 bits per heavy atom. The van der Waals surface area contributed by atoms with E-state index in [-0.39, 0.29) is 24.1 Å². The molecule has 2 aromatic carbocycles. The van der Waals surface area contributed by atoms with Crippen LogP contribution in [0.1, 0.15) is 24.0 Å². The lowest BCUT2D eigenvalue weighted by Crippen LogP contribution is -2.47. The molecule has 1 saturated carbocycles. The van der Waals surface area contributed by atoms with E-state index in [1.807, 2.05) is 12.1 Å². The first kappa shape index (κ1) is 16.5. The summed E-state index contributed by atoms with van der Waals surface area (Å²) in [4.78, 5) is 24.3. The maximum atomic E-state index is 12.8. The monoisotopic (exact) mass is 346 g/mol. The Kier molecular flexibility index (Phi) is 4.53. The highest BCUT2D eigenvalue weighted by Crippen LogP contribution is 2.48. The number of carbonyl (C=O) groups is 2. The molecule has 6 heteroatoms. The standard InChI is InChI=1S/C18H16ClFN2O2/c19-14-5-3-13(4-6-14)18(9-10-18)17(24)22-21-16(23)11-12-1-7-15(20)8-2-12/h1-8H,9-11H2,(H,21,23)(H,22,24). The molecule has 2 amide bonds. The second kappa shape index (κ2) is 6.61. The molecule has 2 N–H and O–H groups in total. The van der Waals surface area contributed by atoms with Gasteiger partial charge in [0, 0.05) is 5.02 Å². The zero-order valence-corrected chi connectivity index (χ0v) is 13.6. The topological polar surface area (TPSA) is 58.2 Å². The van der Waals surface area contributed by atoms with Crippen LogP contribution in [0.3, 0.4) is 0 Å². The van der Waals surface area contributed by atoms with Crippen LogP contribution in [0.15, 0.2) is 48.5 Å². The Bertz CT molecular complexity index is 756. The zero-order chi connectivity index (χ0) is 17.2. The van der Waals surface area contributed by atoms with E-state index in [0.717, 1.165) is 18.4 Å². The third-order valence-corrected chi connectivity index (χ3v) is 4.43. The van der Waals surface area contributed by atoms with Gasteiger partial charge in [0.2, 0.25) is 11.8 Å². The van der Waals surface area contributed by atoms with Gasteiger partial charge < -0.3 is 0 Å². The number of hydrogen-bond donors (Lipinski definition) is 2. The first-order valence-corrected chi connectivity index (χ1v) is 7.97. The average Bonchev–Trinajstić information content (AvgIpc) is 3.37. The molecule has 0 unspecified atom stereocenters. The summed E-state index contributed by atoms with van der Waals surface area (Å²) in [6, 6.07) is 12.8. The van der Waals surface area contributed by atoms with Crippen LogP contribution in [0.25, 0.3) is 0 Å². The number of benzene rings is 2. The molecule has 4 nitrogen and oxygen atoms in total. The molecule has 1 aliphatic carbocycles. The van der Waals surface area contributed by atoms with Crippen LogP contribution in [-0.4, -0.2) is 11.8 Å². The second-order valence-electron chi connectivity index (χ2n) is 5.89. The van der Waals surface area contributed by atoms with Gasteiger partial charge in [-0.15, -0.1) is 0 Å². The summed E-state index contributed by atoms with van der Waals surface area (Å²) in [7, 11) is 0. The maximum Gasteiger partial charge on any atom is 0.249 e. The van der Waals surface area contributed by atoms with Crippen molar-refractivity contribution in [1.29, 1.82) is 0 Å². The Hall–Kier alpha value is -2.40. The molecule has 24 heavy (non-hydrogen) atoms. The zero-order valence-electron chi connectivity index (χ0n) is 12.8. The molecular weight excluding hydrogens is 331 g/mol. The fraction of sp³-hybridized carbons (Fsp3) is 0.222. The fourth-order valence-electron chi connectivity index (χ4n) is 2.62. The summed E-state index contributed by atoms with van der Waals surface area (Å²) >= 11 is 5.87. The number of hydrazine groups is 1. The van der Waals surface area contributed by atoms with E-state index in [9.17, 15) is 14.0 Å². The quantitative estimate of drug-likeness (QED) is 0.836. The number of rotatable bonds is 4. The van der Waals surface area contributed by atoms with Gasteiger partial charge in [-0.1, -0.05) is 35.9 Å². The molecule has 0 saturated heterocycles. The molecule has 0 aliphatic heterocycles. The number of amides is 2. The van der Waals surface area contributed by atoms with Crippen molar-refractivity contribution >= 4 is 23.4 Å². The van der Waals surface area contributed by atoms with Gasteiger partial charge >= 0.3 is 0 Å². The first-order chi connectivity index (χ1) is 11.5. The van der Waals surface area contributed by atoms with Crippen LogP contribution in [0.2, 0.25) is 5.02 Å². The Labute approximate surface area is 144 Å². The van der Waals surface area contributed by atoms with Crippen molar-refractivity contribution in [1.82, 2.24) is 10.9 Å². The molecular formula is C18H16ClFN2O2. The van der Waals surface area contributed by atoms with Gasteiger partial charge in [0.25, 0.3) is 0 Å². The van der Waals surface area contributed by atoms with Gasteiger partial charge in [0.05, 0.1) is 11.8 Å². The van der Waals surface area contributed by atoms with E-state index in [2.05, 4.69) is 10.9 Å². The predicted octanol–water partition coefficient (Wildman–Crippen LogP) is 2.90. The van der Waals surface area contributed by atoms with Crippen LogP contribution in [0.5, 0.6) is 0 Å². The van der Waals surface area contributed by atoms with Gasteiger partial charge in [-0.05, 0) is 48.2 Å². The molecule has 0 atom stereocenters. The summed E-state index contributed by atoms with van der Waals surface area (Å²) in [5.41, 5.74) is 5.86. The number of halogens is 2. The molecule has 2 aromatic rings. The van der Waals surface area contributed by atoms with Crippen LogP contribution < -0.4 is 10.9 Å². The summed E-state index contributed by atoms with van der Waals surface area (Å²) in [5.74, 6) is -0.953. The van der Waals surface area contributed by atoms with Crippen molar-refractivity contribution in [2.45, 2.75) is 24.7 Å². The fourth-order valence-corrected chi connectivity index (χ4v) is 2.74. The summed E-state index contributed by atoms with van der Waals surface area (Å²) in [5, 5.41) is 0.613. The van der Waals surface area contributed by atoms with Crippen LogP contribution >= 0.6 is 11.6 Å². The third-order valence-electron chi connectivity index (χ3n) is 4.17. The number of hydrogen-bond acceptors (Lipinski definition) is 2. The smallest absolute Gasteiger partial charge is 0.249 e. The van der Waals surface area contributed by atoms with Crippen LogP contribution in [0.4, 0.5) is 4.39 Å². The molecule has 0 radical (unpaired) electrons. The molecule has 1 aliphatic rings. The second-order valence-corrected chi connectivity index (χ2v) is 6.33. The van der Waals surface area contributed by atoms with Gasteiger partial charge in [-0.2, -0.15) is 0 Å². The third kappa shape index (κ3) is 3.57. The van der Waals surface area contributed by atoms with E-state index in [1.54, 1.807) is 12.1 Å². The lowest BCUT2D eigenvalue weighted by atomic mass is 9.95. The summed E-state index contributed by atoms with van der Waals surface area (Å²) in [6.45, 7) is 0. The lowest BCUT2D eigenvalue weighted by Gasteiger charge is -2.16. The minimum Gasteiger partial charge on any atom is -0.273 e. The molecule has 124 valence electrons. The van der Waals surface area contributed by atoms with E-state index >= 15 is 0 Å². The highest BCUT2D eigenvalue weighted by Gasteiger charge is 2.51. The Morgan fingerprint density at radius 1 is 1.00 bits per heavy atom. The summed E-state index contributed by atoms with van der Waals surface area (Å²) in [6.07, 6.45) is 1.52. The van der Waals surface area contributed by atoms with Gasteiger partial charge in [0.15, 0.2) is 0 Å². The molecule has 1 fully saturated rings. The lowest BCUT2D eigenvalue weighted by molar-refractivity contribution is -0.130. The Balaban J connectivity index is 1.56.